The maximum Gasteiger partial charge on any atom is 0.341 e. The van der Waals surface area contributed by atoms with Crippen molar-refractivity contribution < 1.29 is 39.5 Å². The summed E-state index contributed by atoms with van der Waals surface area (Å²) in [7, 11) is 2.73. The number of para-hydroxylation sites is 2. The molecule has 0 aliphatic carbocycles. The van der Waals surface area contributed by atoms with Gasteiger partial charge < -0.3 is 35.2 Å². The number of esters is 1. The Morgan fingerprint density at radius 1 is 0.889 bits per heavy atom. The zero-order valence-corrected chi connectivity index (χ0v) is 14.8. The number of hydrogen-bond donors (Lipinski definition) is 5. The average molecular weight is 379 g/mol. The number of amides is 1. The summed E-state index contributed by atoms with van der Waals surface area (Å²) in [4.78, 5) is 22.3. The van der Waals surface area contributed by atoms with Gasteiger partial charge in [-0.25, -0.2) is 4.79 Å². The minimum atomic E-state index is -0.677. The van der Waals surface area contributed by atoms with Crippen LogP contribution in [0.5, 0.6) is 23.0 Å². The summed E-state index contributed by atoms with van der Waals surface area (Å²) in [6.07, 6.45) is 0. The van der Waals surface area contributed by atoms with Gasteiger partial charge in [0.25, 0.3) is 5.91 Å². The summed E-state index contributed by atoms with van der Waals surface area (Å²) >= 11 is 0. The number of rotatable bonds is 5. The Bertz CT molecular complexity index is 791. The van der Waals surface area contributed by atoms with E-state index >= 15 is 0 Å². The molecule has 0 aromatic heterocycles. The molecule has 0 aliphatic heterocycles. The number of phenolic OH excluding ortho intramolecular Hbond substituents is 4. The van der Waals surface area contributed by atoms with E-state index in [1.54, 1.807) is 0 Å². The van der Waals surface area contributed by atoms with E-state index in [0.717, 1.165) is 0 Å². The van der Waals surface area contributed by atoms with E-state index in [1.165, 1.54) is 50.6 Å². The summed E-state index contributed by atoms with van der Waals surface area (Å²) in [6, 6.07) is 8.31. The predicted octanol–water partition coefficient (Wildman–Crippen LogP) is 1.36. The fourth-order valence-corrected chi connectivity index (χ4v) is 1.88. The molecule has 0 saturated carbocycles. The highest BCUT2D eigenvalue weighted by Crippen LogP contribution is 2.28. The number of methoxy groups -OCH3 is 2. The van der Waals surface area contributed by atoms with Crippen molar-refractivity contribution in [3.63, 3.8) is 0 Å². The molecule has 0 spiro atoms. The summed E-state index contributed by atoms with van der Waals surface area (Å²) in [5.41, 5.74) is 0.00334. The topological polar surface area (TPSA) is 146 Å². The number of aromatic hydroxyl groups is 4. The molecule has 0 saturated heterocycles. The van der Waals surface area contributed by atoms with E-state index in [2.05, 4.69) is 10.1 Å². The maximum absolute atomic E-state index is 11.5. The Hall–Kier alpha value is -3.46. The van der Waals surface area contributed by atoms with Crippen molar-refractivity contribution in [2.24, 2.45) is 0 Å². The van der Waals surface area contributed by atoms with Crippen LogP contribution in [0.15, 0.2) is 36.4 Å². The van der Waals surface area contributed by atoms with Crippen LogP contribution in [0.3, 0.4) is 0 Å². The molecule has 2 aromatic rings. The lowest BCUT2D eigenvalue weighted by molar-refractivity contribution is 0.0596. The van der Waals surface area contributed by atoms with Gasteiger partial charge in [0.15, 0.2) is 23.0 Å². The fourth-order valence-electron chi connectivity index (χ4n) is 1.88. The lowest BCUT2D eigenvalue weighted by Gasteiger charge is -2.06. The molecule has 0 bridgehead atoms. The van der Waals surface area contributed by atoms with Crippen molar-refractivity contribution >= 4 is 11.9 Å². The first-order chi connectivity index (χ1) is 12.8. The first kappa shape index (κ1) is 21.6. The number of benzene rings is 2. The zero-order valence-electron chi connectivity index (χ0n) is 14.8. The minimum absolute atomic E-state index is 0.0440. The first-order valence-electron chi connectivity index (χ1n) is 7.70. The molecule has 9 nitrogen and oxygen atoms in total. The molecule has 0 atom stereocenters. The second-order valence-electron chi connectivity index (χ2n) is 5.09. The van der Waals surface area contributed by atoms with Crippen molar-refractivity contribution in [3.8, 4) is 23.0 Å². The Balaban J connectivity index is 0.000000277. The summed E-state index contributed by atoms with van der Waals surface area (Å²) in [6.45, 7) is 0.746. The lowest BCUT2D eigenvalue weighted by Crippen LogP contribution is -2.26. The number of carbonyl (C=O) groups excluding carboxylic acids is 2. The van der Waals surface area contributed by atoms with Gasteiger partial charge in [0, 0.05) is 13.7 Å². The molecule has 5 N–H and O–H groups in total. The molecule has 9 heteroatoms. The molecular formula is C18H21NO8. The van der Waals surface area contributed by atoms with Gasteiger partial charge in [0.05, 0.1) is 19.3 Å². The van der Waals surface area contributed by atoms with Crippen LogP contribution < -0.4 is 5.32 Å². The van der Waals surface area contributed by atoms with Gasteiger partial charge >= 0.3 is 5.97 Å². The molecular weight excluding hydrogens is 358 g/mol. The number of hydrogen-bond acceptors (Lipinski definition) is 8. The average Bonchev–Trinajstić information content (AvgIpc) is 2.66. The van der Waals surface area contributed by atoms with Gasteiger partial charge in [-0.05, 0) is 24.3 Å². The summed E-state index contributed by atoms with van der Waals surface area (Å²) in [5.74, 6) is -2.63. The lowest BCUT2D eigenvalue weighted by atomic mass is 10.1. The van der Waals surface area contributed by atoms with Crippen molar-refractivity contribution in [2.45, 2.75) is 0 Å². The highest BCUT2D eigenvalue weighted by Gasteiger charge is 2.13. The fraction of sp³-hybridized carbons (Fsp3) is 0.222. The Morgan fingerprint density at radius 2 is 1.41 bits per heavy atom. The Morgan fingerprint density at radius 3 is 1.93 bits per heavy atom. The molecule has 2 aromatic carbocycles. The van der Waals surface area contributed by atoms with E-state index in [0.29, 0.717) is 13.2 Å². The van der Waals surface area contributed by atoms with Gasteiger partial charge in [-0.3, -0.25) is 4.79 Å². The zero-order chi connectivity index (χ0) is 20.4. The second-order valence-corrected chi connectivity index (χ2v) is 5.09. The van der Waals surface area contributed by atoms with E-state index in [-0.39, 0.29) is 22.6 Å². The van der Waals surface area contributed by atoms with Gasteiger partial charge in [0.2, 0.25) is 0 Å². The van der Waals surface area contributed by atoms with Crippen LogP contribution in [0.1, 0.15) is 20.7 Å². The van der Waals surface area contributed by atoms with Crippen LogP contribution in [0.4, 0.5) is 0 Å². The van der Waals surface area contributed by atoms with Crippen molar-refractivity contribution in [1.82, 2.24) is 5.32 Å². The molecule has 0 aliphatic rings. The van der Waals surface area contributed by atoms with Crippen molar-refractivity contribution in [2.75, 3.05) is 27.4 Å². The van der Waals surface area contributed by atoms with Crippen molar-refractivity contribution in [1.29, 1.82) is 0 Å². The van der Waals surface area contributed by atoms with Crippen LogP contribution >= 0.6 is 0 Å². The number of nitrogens with one attached hydrogen (secondary N) is 1. The maximum atomic E-state index is 11.5. The first-order valence-corrected chi connectivity index (χ1v) is 7.70. The highest BCUT2D eigenvalue weighted by atomic mass is 16.5. The standard InChI is InChI=1S/C10H13NO4.C8H8O4/c1-15-6-5-11-10(14)7-3-2-4-8(12)9(7)13;1-12-8(11)5-3-2-4-6(9)7(5)10/h2-4,12-13H,5-6H2,1H3,(H,11,14);2-4,9-10H,1H3. The predicted molar refractivity (Wildman–Crippen MR) is 95.1 cm³/mol. The molecule has 27 heavy (non-hydrogen) atoms. The molecule has 0 unspecified atom stereocenters. The second kappa shape index (κ2) is 10.5. The summed E-state index contributed by atoms with van der Waals surface area (Å²) in [5, 5.41) is 39.2. The smallest absolute Gasteiger partial charge is 0.341 e. The van der Waals surface area contributed by atoms with E-state index in [1.807, 2.05) is 0 Å². The number of phenols is 4. The molecule has 146 valence electrons. The quantitative estimate of drug-likeness (QED) is 0.297. The number of carbonyl (C=O) groups is 2. The van der Waals surface area contributed by atoms with Crippen LogP contribution in [0.2, 0.25) is 0 Å². The highest BCUT2D eigenvalue weighted by molar-refractivity contribution is 5.97. The SMILES string of the molecule is COC(=O)c1cccc(O)c1O.COCCNC(=O)c1cccc(O)c1O. The Labute approximate surface area is 155 Å². The largest absolute Gasteiger partial charge is 0.504 e. The van der Waals surface area contributed by atoms with Gasteiger partial charge in [-0.2, -0.15) is 0 Å². The number of ether oxygens (including phenoxy) is 2. The van der Waals surface area contributed by atoms with E-state index in [9.17, 15) is 14.7 Å². The molecule has 2 rings (SSSR count). The van der Waals surface area contributed by atoms with E-state index in [4.69, 9.17) is 20.1 Å². The van der Waals surface area contributed by atoms with Crippen molar-refractivity contribution in [3.05, 3.63) is 47.5 Å². The van der Waals surface area contributed by atoms with Gasteiger partial charge in [-0.1, -0.05) is 12.1 Å². The van der Waals surface area contributed by atoms with Crippen LogP contribution in [-0.4, -0.2) is 59.7 Å². The van der Waals surface area contributed by atoms with Gasteiger partial charge in [0.1, 0.15) is 5.56 Å². The normalized spacial score (nSPS) is 9.70. The third kappa shape index (κ3) is 6.08. The monoisotopic (exact) mass is 379 g/mol. The Kier molecular flexibility index (Phi) is 8.40. The van der Waals surface area contributed by atoms with Crippen LogP contribution in [0.25, 0.3) is 0 Å². The molecule has 0 heterocycles. The third-order valence-electron chi connectivity index (χ3n) is 3.27. The molecule has 0 radical (unpaired) electrons. The summed E-state index contributed by atoms with van der Waals surface area (Å²) < 4.78 is 9.12. The van der Waals surface area contributed by atoms with Crippen LogP contribution in [-0.2, 0) is 9.47 Å². The van der Waals surface area contributed by atoms with E-state index < -0.39 is 23.4 Å². The minimum Gasteiger partial charge on any atom is -0.504 e. The molecule has 1 amide bonds. The van der Waals surface area contributed by atoms with Gasteiger partial charge in [-0.15, -0.1) is 0 Å². The molecule has 0 fully saturated rings. The van der Waals surface area contributed by atoms with Crippen LogP contribution in [0, 0.1) is 0 Å². The third-order valence-corrected chi connectivity index (χ3v) is 3.27.